The van der Waals surface area contributed by atoms with Gasteiger partial charge in [0.2, 0.25) is 5.91 Å². The minimum absolute atomic E-state index is 0.312. The summed E-state index contributed by atoms with van der Waals surface area (Å²) < 4.78 is 0. The molecule has 0 aromatic heterocycles. The Morgan fingerprint density at radius 1 is 1.47 bits per heavy atom. The smallest absolute Gasteiger partial charge is 0.227 e. The van der Waals surface area contributed by atoms with Gasteiger partial charge < -0.3 is 4.90 Å². The number of thioether (sulfide) groups is 1. The summed E-state index contributed by atoms with van der Waals surface area (Å²) in [6.07, 6.45) is 1.78. The molecule has 2 aliphatic rings. The second kappa shape index (κ2) is 4.37. The van der Waals surface area contributed by atoms with E-state index >= 15 is 0 Å². The number of rotatable bonds is 2. The molecule has 2 heterocycles. The Morgan fingerprint density at radius 3 is 2.94 bits per heavy atom. The molecule has 0 saturated carbocycles. The van der Waals surface area contributed by atoms with E-state index < -0.39 is 0 Å². The van der Waals surface area contributed by atoms with E-state index in [4.69, 9.17) is 0 Å². The minimum atomic E-state index is 0.312. The third-order valence-electron chi connectivity index (χ3n) is 3.82. The largest absolute Gasteiger partial charge is 0.337 e. The Hall–Kier alpha value is -0.960. The average molecular weight is 247 g/mol. The van der Waals surface area contributed by atoms with Crippen molar-refractivity contribution in [3.05, 3.63) is 35.4 Å². The summed E-state index contributed by atoms with van der Waals surface area (Å²) in [5.41, 5.74) is 2.40. The molecule has 2 atom stereocenters. The van der Waals surface area contributed by atoms with E-state index in [1.165, 1.54) is 17.5 Å². The Morgan fingerprint density at radius 2 is 2.29 bits per heavy atom. The van der Waals surface area contributed by atoms with Crippen molar-refractivity contribution in [1.29, 1.82) is 0 Å². The van der Waals surface area contributed by atoms with E-state index in [0.717, 1.165) is 12.3 Å². The molecule has 0 aliphatic carbocycles. The molecule has 2 bridgehead atoms. The molecule has 0 N–H and O–H groups in total. The van der Waals surface area contributed by atoms with Crippen molar-refractivity contribution >= 4 is 17.7 Å². The molecule has 0 spiro atoms. The molecule has 2 saturated heterocycles. The number of carbonyl (C=O) groups is 1. The summed E-state index contributed by atoms with van der Waals surface area (Å²) in [6, 6.07) is 8.70. The summed E-state index contributed by atoms with van der Waals surface area (Å²) in [6.45, 7) is 3.05. The first-order valence-electron chi connectivity index (χ1n) is 6.19. The van der Waals surface area contributed by atoms with Crippen LogP contribution in [0.2, 0.25) is 0 Å². The van der Waals surface area contributed by atoms with Gasteiger partial charge in [-0.05, 0) is 24.5 Å². The van der Waals surface area contributed by atoms with E-state index in [2.05, 4.69) is 24.0 Å². The lowest BCUT2D eigenvalue weighted by Crippen LogP contribution is -2.40. The predicted molar refractivity (Wildman–Crippen MR) is 71.2 cm³/mol. The van der Waals surface area contributed by atoms with Gasteiger partial charge in [-0.2, -0.15) is 11.8 Å². The topological polar surface area (TPSA) is 20.3 Å². The van der Waals surface area contributed by atoms with E-state index in [1.807, 2.05) is 23.9 Å². The van der Waals surface area contributed by atoms with Crippen LogP contribution in [0.3, 0.4) is 0 Å². The predicted octanol–water partition coefficient (Wildman–Crippen LogP) is 2.25. The zero-order valence-electron chi connectivity index (χ0n) is 10.1. The zero-order chi connectivity index (χ0) is 11.8. The van der Waals surface area contributed by atoms with Gasteiger partial charge in [-0.1, -0.05) is 24.3 Å². The SMILES string of the molecule is Cc1ccccc1CC(=O)N1C[C@H]2C[C@H]1CS2. The van der Waals surface area contributed by atoms with Crippen LogP contribution in [0.4, 0.5) is 0 Å². The fraction of sp³-hybridized carbons (Fsp3) is 0.500. The molecule has 2 aliphatic heterocycles. The van der Waals surface area contributed by atoms with Crippen LogP contribution < -0.4 is 0 Å². The van der Waals surface area contributed by atoms with E-state index in [1.54, 1.807) is 0 Å². The first-order chi connectivity index (χ1) is 8.24. The molecule has 1 amide bonds. The highest BCUT2D eigenvalue weighted by molar-refractivity contribution is 8.00. The third-order valence-corrected chi connectivity index (χ3v) is 5.21. The van der Waals surface area contributed by atoms with Crippen LogP contribution in [0.25, 0.3) is 0 Å². The average Bonchev–Trinajstić information content (AvgIpc) is 2.94. The number of fused-ring (bicyclic) bond motifs is 2. The van der Waals surface area contributed by atoms with Crippen LogP contribution >= 0.6 is 11.8 Å². The quantitative estimate of drug-likeness (QED) is 0.799. The van der Waals surface area contributed by atoms with Gasteiger partial charge in [0.05, 0.1) is 6.42 Å². The zero-order valence-corrected chi connectivity index (χ0v) is 10.9. The van der Waals surface area contributed by atoms with Gasteiger partial charge in [-0.3, -0.25) is 4.79 Å². The molecule has 90 valence electrons. The van der Waals surface area contributed by atoms with Gasteiger partial charge >= 0.3 is 0 Å². The van der Waals surface area contributed by atoms with Crippen LogP contribution in [-0.2, 0) is 11.2 Å². The van der Waals surface area contributed by atoms with Crippen molar-refractivity contribution in [3.63, 3.8) is 0 Å². The van der Waals surface area contributed by atoms with Crippen LogP contribution in [-0.4, -0.2) is 34.4 Å². The van der Waals surface area contributed by atoms with Gasteiger partial charge in [-0.15, -0.1) is 0 Å². The fourth-order valence-corrected chi connectivity index (χ4v) is 4.21. The van der Waals surface area contributed by atoms with Crippen molar-refractivity contribution in [1.82, 2.24) is 4.90 Å². The first kappa shape index (κ1) is 11.1. The molecule has 0 unspecified atom stereocenters. The molecular weight excluding hydrogens is 230 g/mol. The van der Waals surface area contributed by atoms with Gasteiger partial charge in [0.25, 0.3) is 0 Å². The number of benzene rings is 1. The van der Waals surface area contributed by atoms with Crippen molar-refractivity contribution in [3.8, 4) is 0 Å². The molecule has 3 heteroatoms. The molecule has 1 aromatic rings. The molecule has 17 heavy (non-hydrogen) atoms. The van der Waals surface area contributed by atoms with E-state index in [-0.39, 0.29) is 0 Å². The number of amides is 1. The standard InChI is InChI=1S/C14H17NOS/c1-10-4-2-3-5-11(10)6-14(16)15-8-13-7-12(15)9-17-13/h2-5,12-13H,6-9H2,1H3/t12-,13+/m0/s1. The number of likely N-dealkylation sites (tertiary alicyclic amines) is 1. The van der Waals surface area contributed by atoms with Gasteiger partial charge in [0, 0.05) is 23.6 Å². The van der Waals surface area contributed by atoms with Crippen molar-refractivity contribution in [2.45, 2.75) is 31.1 Å². The van der Waals surface area contributed by atoms with Crippen LogP contribution in [0.5, 0.6) is 0 Å². The number of hydrogen-bond donors (Lipinski definition) is 0. The molecule has 2 nitrogen and oxygen atoms in total. The number of nitrogens with zero attached hydrogens (tertiary/aromatic N) is 1. The molecular formula is C14H17NOS. The highest BCUT2D eigenvalue weighted by atomic mass is 32.2. The first-order valence-corrected chi connectivity index (χ1v) is 7.24. The summed E-state index contributed by atoms with van der Waals surface area (Å²) in [5, 5.41) is 0.709. The summed E-state index contributed by atoms with van der Waals surface area (Å²) in [7, 11) is 0. The molecule has 3 rings (SSSR count). The number of hydrogen-bond acceptors (Lipinski definition) is 2. The highest BCUT2D eigenvalue weighted by Gasteiger charge is 2.40. The molecule has 2 fully saturated rings. The van der Waals surface area contributed by atoms with Gasteiger partial charge in [0.1, 0.15) is 0 Å². The lowest BCUT2D eigenvalue weighted by Gasteiger charge is -2.27. The highest BCUT2D eigenvalue weighted by Crippen LogP contribution is 2.37. The third kappa shape index (κ3) is 2.08. The molecule has 0 radical (unpaired) electrons. The molecule has 1 aromatic carbocycles. The second-order valence-corrected chi connectivity index (χ2v) is 6.33. The van der Waals surface area contributed by atoms with E-state index in [0.29, 0.717) is 23.6 Å². The fourth-order valence-electron chi connectivity index (χ4n) is 2.78. The van der Waals surface area contributed by atoms with Crippen molar-refractivity contribution < 1.29 is 4.79 Å². The van der Waals surface area contributed by atoms with Gasteiger partial charge in [0.15, 0.2) is 0 Å². The minimum Gasteiger partial charge on any atom is -0.337 e. The number of aryl methyl sites for hydroxylation is 1. The second-order valence-electron chi connectivity index (χ2n) is 4.99. The van der Waals surface area contributed by atoms with E-state index in [9.17, 15) is 4.79 Å². The monoisotopic (exact) mass is 247 g/mol. The summed E-state index contributed by atoms with van der Waals surface area (Å²) in [5.74, 6) is 1.46. The van der Waals surface area contributed by atoms with Crippen molar-refractivity contribution in [2.24, 2.45) is 0 Å². The summed E-state index contributed by atoms with van der Waals surface area (Å²) in [4.78, 5) is 14.4. The Labute approximate surface area is 106 Å². The maximum absolute atomic E-state index is 12.3. The van der Waals surface area contributed by atoms with Crippen LogP contribution in [0.15, 0.2) is 24.3 Å². The normalized spacial score (nSPS) is 26.5. The van der Waals surface area contributed by atoms with Crippen molar-refractivity contribution in [2.75, 3.05) is 12.3 Å². The maximum atomic E-state index is 12.3. The summed E-state index contributed by atoms with van der Waals surface area (Å²) >= 11 is 2.03. The lowest BCUT2D eigenvalue weighted by atomic mass is 10.1. The maximum Gasteiger partial charge on any atom is 0.227 e. The number of carbonyl (C=O) groups excluding carboxylic acids is 1. The van der Waals surface area contributed by atoms with Gasteiger partial charge in [-0.25, -0.2) is 0 Å². The lowest BCUT2D eigenvalue weighted by molar-refractivity contribution is -0.130. The Bertz CT molecular complexity index is 446. The Kier molecular flexibility index (Phi) is 2.87. The Balaban J connectivity index is 1.70. The van der Waals surface area contributed by atoms with Crippen LogP contribution in [0.1, 0.15) is 17.5 Å². The van der Waals surface area contributed by atoms with Crippen LogP contribution in [0, 0.1) is 6.92 Å².